The average Bonchev–Trinajstić information content (AvgIpc) is 2.56. The zero-order chi connectivity index (χ0) is 19.5. The lowest BCUT2D eigenvalue weighted by Crippen LogP contribution is -2.56. The number of hydrogen-bond donors (Lipinski definition) is 3. The Kier molecular flexibility index (Phi) is 6.17. The lowest BCUT2D eigenvalue weighted by molar-refractivity contribution is -0.142. The molecule has 7 nitrogen and oxygen atoms in total. The first kappa shape index (κ1) is 20.1. The molecule has 8 heteroatoms. The van der Waals surface area contributed by atoms with Crippen LogP contribution < -0.4 is 5.32 Å². The van der Waals surface area contributed by atoms with E-state index in [4.69, 9.17) is 9.84 Å². The molecule has 1 aromatic rings. The summed E-state index contributed by atoms with van der Waals surface area (Å²) >= 11 is 3.96. The summed E-state index contributed by atoms with van der Waals surface area (Å²) in [6.07, 6.45) is -0.315. The van der Waals surface area contributed by atoms with E-state index in [0.29, 0.717) is 6.42 Å². The molecule has 2 rings (SSSR count). The predicted molar refractivity (Wildman–Crippen MR) is 99.1 cm³/mol. The molecule has 0 bridgehead atoms. The van der Waals surface area contributed by atoms with E-state index in [-0.39, 0.29) is 12.3 Å². The topological polar surface area (TPSA) is 95.9 Å². The van der Waals surface area contributed by atoms with E-state index in [2.05, 4.69) is 17.9 Å². The smallest absolute Gasteiger partial charge is 0.411 e. The monoisotopic (exact) mass is 380 g/mol. The molecule has 2 atom stereocenters. The predicted octanol–water partition coefficient (Wildman–Crippen LogP) is 1.85. The maximum absolute atomic E-state index is 12.7. The van der Waals surface area contributed by atoms with Crippen LogP contribution >= 0.6 is 12.6 Å². The van der Waals surface area contributed by atoms with E-state index in [1.54, 1.807) is 20.8 Å². The van der Waals surface area contributed by atoms with Crippen molar-refractivity contribution in [2.75, 3.05) is 5.75 Å². The van der Waals surface area contributed by atoms with Crippen LogP contribution in [0.2, 0.25) is 0 Å². The molecule has 1 heterocycles. The average molecular weight is 380 g/mol. The second kappa shape index (κ2) is 7.99. The molecule has 2 amide bonds. The van der Waals surface area contributed by atoms with E-state index < -0.39 is 35.7 Å². The minimum Gasteiger partial charge on any atom is -0.480 e. The molecule has 0 saturated carbocycles. The van der Waals surface area contributed by atoms with E-state index in [1.165, 1.54) is 4.90 Å². The van der Waals surface area contributed by atoms with Crippen molar-refractivity contribution in [1.82, 2.24) is 10.2 Å². The summed E-state index contributed by atoms with van der Waals surface area (Å²) in [5.41, 5.74) is 1.18. The van der Waals surface area contributed by atoms with Crippen molar-refractivity contribution in [1.29, 1.82) is 0 Å². The zero-order valence-electron chi connectivity index (χ0n) is 15.1. The minimum absolute atomic E-state index is 0.0448. The fourth-order valence-electron chi connectivity index (χ4n) is 2.72. The summed E-state index contributed by atoms with van der Waals surface area (Å²) < 4.78 is 5.43. The molecule has 1 aliphatic heterocycles. The summed E-state index contributed by atoms with van der Waals surface area (Å²) in [5, 5.41) is 11.6. The van der Waals surface area contributed by atoms with Crippen molar-refractivity contribution in [3.05, 3.63) is 35.4 Å². The maximum Gasteiger partial charge on any atom is 0.411 e. The number of hydrogen-bond acceptors (Lipinski definition) is 5. The van der Waals surface area contributed by atoms with Gasteiger partial charge in [0.15, 0.2) is 0 Å². The van der Waals surface area contributed by atoms with Crippen molar-refractivity contribution < 1.29 is 24.2 Å². The van der Waals surface area contributed by atoms with Gasteiger partial charge < -0.3 is 15.2 Å². The summed E-state index contributed by atoms with van der Waals surface area (Å²) in [6.45, 7) is 5.47. The molecular weight excluding hydrogens is 356 g/mol. The number of carbonyl (C=O) groups excluding carboxylic acids is 2. The van der Waals surface area contributed by atoms with Crippen LogP contribution in [0.15, 0.2) is 24.3 Å². The third-order valence-corrected chi connectivity index (χ3v) is 4.34. The molecule has 142 valence electrons. The Hall–Kier alpha value is -2.22. The number of aliphatic carboxylic acids is 1. The minimum atomic E-state index is -1.17. The van der Waals surface area contributed by atoms with Gasteiger partial charge in [0.05, 0.1) is 6.54 Å². The first-order valence-corrected chi connectivity index (χ1v) is 8.96. The van der Waals surface area contributed by atoms with Gasteiger partial charge in [-0.15, -0.1) is 0 Å². The first-order chi connectivity index (χ1) is 12.1. The van der Waals surface area contributed by atoms with Crippen molar-refractivity contribution in [3.8, 4) is 0 Å². The van der Waals surface area contributed by atoms with Crippen molar-refractivity contribution >= 4 is 30.6 Å². The van der Waals surface area contributed by atoms with Gasteiger partial charge in [0.2, 0.25) is 5.91 Å². The Morgan fingerprint density at radius 2 is 1.92 bits per heavy atom. The number of ether oxygens (including phenoxy) is 1. The SMILES string of the molecule is CC(C)(C)OC(=O)N1Cc2ccccc2C[C@H]1C(=O)N[C@@H](CS)C(=O)O. The second-order valence-corrected chi connectivity index (χ2v) is 7.54. The summed E-state index contributed by atoms with van der Waals surface area (Å²) in [6, 6.07) is 5.56. The third kappa shape index (κ3) is 4.91. The molecule has 1 aromatic carbocycles. The number of benzene rings is 1. The highest BCUT2D eigenvalue weighted by atomic mass is 32.1. The molecule has 0 unspecified atom stereocenters. The Labute approximate surface area is 158 Å². The quantitative estimate of drug-likeness (QED) is 0.693. The number of carbonyl (C=O) groups is 3. The van der Waals surface area contributed by atoms with E-state index in [9.17, 15) is 14.4 Å². The van der Waals surface area contributed by atoms with Gasteiger partial charge in [0.1, 0.15) is 17.7 Å². The van der Waals surface area contributed by atoms with Crippen molar-refractivity contribution in [3.63, 3.8) is 0 Å². The highest BCUT2D eigenvalue weighted by Crippen LogP contribution is 2.25. The molecule has 0 saturated heterocycles. The molecule has 2 N–H and O–H groups in total. The Balaban J connectivity index is 2.28. The van der Waals surface area contributed by atoms with Crippen LogP contribution in [0.25, 0.3) is 0 Å². The van der Waals surface area contributed by atoms with Crippen molar-refractivity contribution in [2.45, 2.75) is 51.4 Å². The van der Waals surface area contributed by atoms with E-state index in [1.807, 2.05) is 24.3 Å². The van der Waals surface area contributed by atoms with Crippen LogP contribution in [-0.4, -0.2) is 51.4 Å². The van der Waals surface area contributed by atoms with Crippen LogP contribution in [0.1, 0.15) is 31.9 Å². The van der Waals surface area contributed by atoms with Gasteiger partial charge in [-0.3, -0.25) is 9.69 Å². The Morgan fingerprint density at radius 3 is 2.46 bits per heavy atom. The number of carboxylic acid groups (broad SMARTS) is 1. The van der Waals surface area contributed by atoms with Crippen LogP contribution in [0, 0.1) is 0 Å². The second-order valence-electron chi connectivity index (χ2n) is 7.18. The maximum atomic E-state index is 12.7. The van der Waals surface area contributed by atoms with Gasteiger partial charge >= 0.3 is 12.1 Å². The van der Waals surface area contributed by atoms with Crippen LogP contribution in [-0.2, 0) is 27.3 Å². The number of amides is 2. The number of carboxylic acids is 1. The number of nitrogens with zero attached hydrogens (tertiary/aromatic N) is 1. The molecule has 0 spiro atoms. The summed E-state index contributed by atoms with van der Waals surface area (Å²) in [4.78, 5) is 37.9. The van der Waals surface area contributed by atoms with Gasteiger partial charge in [0, 0.05) is 12.2 Å². The third-order valence-electron chi connectivity index (χ3n) is 3.98. The fraction of sp³-hybridized carbons (Fsp3) is 0.500. The fourth-order valence-corrected chi connectivity index (χ4v) is 2.97. The highest BCUT2D eigenvalue weighted by molar-refractivity contribution is 7.80. The van der Waals surface area contributed by atoms with Crippen LogP contribution in [0.5, 0.6) is 0 Å². The normalized spacial score (nSPS) is 17.8. The van der Waals surface area contributed by atoms with E-state index >= 15 is 0 Å². The van der Waals surface area contributed by atoms with Crippen LogP contribution in [0.3, 0.4) is 0 Å². The van der Waals surface area contributed by atoms with Gasteiger partial charge in [-0.1, -0.05) is 24.3 Å². The van der Waals surface area contributed by atoms with Crippen molar-refractivity contribution in [2.24, 2.45) is 0 Å². The Bertz CT molecular complexity index is 701. The molecule has 0 fully saturated rings. The van der Waals surface area contributed by atoms with Crippen LogP contribution in [0.4, 0.5) is 4.79 Å². The van der Waals surface area contributed by atoms with Gasteiger partial charge in [-0.05, 0) is 31.9 Å². The highest BCUT2D eigenvalue weighted by Gasteiger charge is 2.38. The molecule has 0 aromatic heterocycles. The number of rotatable bonds is 4. The van der Waals surface area contributed by atoms with E-state index in [0.717, 1.165) is 11.1 Å². The van der Waals surface area contributed by atoms with Gasteiger partial charge in [-0.25, -0.2) is 9.59 Å². The first-order valence-electron chi connectivity index (χ1n) is 8.33. The standard InChI is InChI=1S/C18H24N2O5S/c1-18(2,3)25-17(24)20-9-12-7-5-4-6-11(12)8-14(20)15(21)19-13(10-26)16(22)23/h4-7,13-14,26H,8-10H2,1-3H3,(H,19,21)(H,22,23)/t13-,14-/m0/s1. The molecule has 0 radical (unpaired) electrons. The van der Waals surface area contributed by atoms with Gasteiger partial charge in [0.25, 0.3) is 0 Å². The molecular formula is C18H24N2O5S. The number of fused-ring (bicyclic) bond motifs is 1. The van der Waals surface area contributed by atoms with Gasteiger partial charge in [-0.2, -0.15) is 12.6 Å². The number of nitrogens with one attached hydrogen (secondary N) is 1. The molecule has 1 aliphatic rings. The summed E-state index contributed by atoms with van der Waals surface area (Å²) in [7, 11) is 0. The lowest BCUT2D eigenvalue weighted by Gasteiger charge is -2.37. The number of thiol groups is 1. The molecule has 0 aliphatic carbocycles. The Morgan fingerprint density at radius 1 is 1.31 bits per heavy atom. The lowest BCUT2D eigenvalue weighted by atomic mass is 9.93. The summed E-state index contributed by atoms with van der Waals surface area (Å²) in [5.74, 6) is -1.75. The molecule has 26 heavy (non-hydrogen) atoms. The zero-order valence-corrected chi connectivity index (χ0v) is 16.0. The largest absolute Gasteiger partial charge is 0.480 e.